The minimum atomic E-state index is -4.90. The van der Waals surface area contributed by atoms with Gasteiger partial charge in [-0.15, -0.1) is 10.2 Å². The van der Waals surface area contributed by atoms with E-state index in [1.165, 1.54) is 36.6 Å². The number of ether oxygens (including phenoxy) is 1. The van der Waals surface area contributed by atoms with Crippen molar-refractivity contribution < 1.29 is 31.3 Å². The van der Waals surface area contributed by atoms with Crippen molar-refractivity contribution in [1.29, 1.82) is 4.78 Å². The second-order valence-electron chi connectivity index (χ2n) is 6.85. The van der Waals surface area contributed by atoms with E-state index < -0.39 is 50.3 Å². The molecule has 13 heteroatoms. The van der Waals surface area contributed by atoms with E-state index >= 15 is 0 Å². The van der Waals surface area contributed by atoms with E-state index in [0.717, 1.165) is 19.1 Å². The average molecular weight is 547 g/mol. The van der Waals surface area contributed by atoms with Crippen LogP contribution in [-0.2, 0) is 15.9 Å². The van der Waals surface area contributed by atoms with Crippen LogP contribution in [0.1, 0.15) is 21.6 Å². The lowest BCUT2D eigenvalue weighted by Crippen LogP contribution is -2.21. The van der Waals surface area contributed by atoms with Gasteiger partial charge >= 0.3 is 6.18 Å². The van der Waals surface area contributed by atoms with E-state index in [1.54, 1.807) is 0 Å². The van der Waals surface area contributed by atoms with Gasteiger partial charge in [0.15, 0.2) is 5.69 Å². The molecule has 0 radical (unpaired) electrons. The Morgan fingerprint density at radius 2 is 1.88 bits per heavy atom. The lowest BCUT2D eigenvalue weighted by molar-refractivity contribution is -0.142. The number of anilines is 1. The Labute approximate surface area is 194 Å². The lowest BCUT2D eigenvalue weighted by Gasteiger charge is -2.16. The normalized spacial score (nSPS) is 13.3. The van der Waals surface area contributed by atoms with Gasteiger partial charge in [0.05, 0.1) is 14.2 Å². The first kappa shape index (κ1) is 24.6. The van der Waals surface area contributed by atoms with Crippen LogP contribution < -0.4 is 10.1 Å². The number of amides is 1. The van der Waals surface area contributed by atoms with Gasteiger partial charge in [0.25, 0.3) is 11.8 Å². The number of carbonyl (C=O) groups is 1. The van der Waals surface area contributed by atoms with Crippen molar-refractivity contribution in [1.82, 2.24) is 10.2 Å². The number of halogens is 5. The predicted octanol–water partition coefficient (Wildman–Crippen LogP) is 5.79. The Morgan fingerprint density at radius 1 is 1.18 bits per heavy atom. The van der Waals surface area contributed by atoms with Crippen LogP contribution in [0.15, 0.2) is 51.8 Å². The molecule has 0 saturated carbocycles. The standard InChI is InChI=1S/C20H15BrF4N4O3S/c1-10-16(18(30)27-12-4-3-5-13(9-12)33(2,26)31)19(29-28-17(10)20(23,24)25)32-15-8-11(22)6-7-14(15)21/h3-9,26H,1-2H3,(H,27,30). The van der Waals surface area contributed by atoms with Crippen LogP contribution >= 0.6 is 15.9 Å². The van der Waals surface area contributed by atoms with Gasteiger partial charge in [-0.1, -0.05) is 6.07 Å². The van der Waals surface area contributed by atoms with Gasteiger partial charge in [0, 0.05) is 22.9 Å². The SMILES string of the molecule is Cc1c(C(F)(F)F)nnc(Oc2cc(F)ccc2Br)c1C(=O)Nc1cccc(S(C)(=N)=O)c1. The number of carbonyl (C=O) groups excluding carboxylic acids is 1. The summed E-state index contributed by atoms with van der Waals surface area (Å²) in [5.74, 6) is -2.44. The number of nitrogens with one attached hydrogen (secondary N) is 2. The summed E-state index contributed by atoms with van der Waals surface area (Å²) < 4.78 is 79.1. The van der Waals surface area contributed by atoms with Gasteiger partial charge in [-0.3, -0.25) is 4.79 Å². The van der Waals surface area contributed by atoms with Crippen LogP contribution in [0.25, 0.3) is 0 Å². The lowest BCUT2D eigenvalue weighted by atomic mass is 10.1. The molecule has 174 valence electrons. The highest BCUT2D eigenvalue weighted by Crippen LogP contribution is 2.36. The fraction of sp³-hybridized carbons (Fsp3) is 0.150. The molecule has 0 aliphatic rings. The van der Waals surface area contributed by atoms with Crippen molar-refractivity contribution >= 4 is 37.3 Å². The second kappa shape index (κ2) is 9.06. The third-order valence-corrected chi connectivity index (χ3v) is 6.13. The van der Waals surface area contributed by atoms with Crippen LogP contribution in [0.2, 0.25) is 0 Å². The van der Waals surface area contributed by atoms with Crippen molar-refractivity contribution in [2.24, 2.45) is 0 Å². The number of alkyl halides is 3. The zero-order valence-corrected chi connectivity index (χ0v) is 19.4. The first-order valence-electron chi connectivity index (χ1n) is 9.00. The molecule has 33 heavy (non-hydrogen) atoms. The third-order valence-electron chi connectivity index (χ3n) is 4.32. The highest BCUT2D eigenvalue weighted by molar-refractivity contribution is 9.10. The van der Waals surface area contributed by atoms with Crippen molar-refractivity contribution in [3.8, 4) is 11.6 Å². The summed E-state index contributed by atoms with van der Waals surface area (Å²) in [6, 6.07) is 8.92. The Hall–Kier alpha value is -3.06. The van der Waals surface area contributed by atoms with Crippen LogP contribution in [-0.4, -0.2) is 26.6 Å². The third kappa shape index (κ3) is 5.66. The Balaban J connectivity index is 2.09. The molecular weight excluding hydrogens is 532 g/mol. The molecule has 0 fully saturated rings. The molecule has 0 saturated heterocycles. The van der Waals surface area contributed by atoms with Crippen molar-refractivity contribution in [2.75, 3.05) is 11.6 Å². The highest BCUT2D eigenvalue weighted by atomic mass is 79.9. The van der Waals surface area contributed by atoms with Crippen LogP contribution in [0.5, 0.6) is 11.6 Å². The monoisotopic (exact) mass is 546 g/mol. The summed E-state index contributed by atoms with van der Waals surface area (Å²) in [5.41, 5.74) is -2.45. The molecule has 1 atom stereocenters. The molecule has 0 aliphatic heterocycles. The van der Waals surface area contributed by atoms with Gasteiger partial charge in [0.2, 0.25) is 0 Å². The molecule has 1 heterocycles. The van der Waals surface area contributed by atoms with Crippen LogP contribution in [0.3, 0.4) is 0 Å². The van der Waals surface area contributed by atoms with Gasteiger partial charge < -0.3 is 10.1 Å². The Bertz CT molecular complexity index is 1350. The molecule has 0 aliphatic carbocycles. The molecule has 3 rings (SSSR count). The number of hydrogen-bond acceptors (Lipinski definition) is 6. The zero-order valence-electron chi connectivity index (χ0n) is 17.0. The summed E-state index contributed by atoms with van der Waals surface area (Å²) in [5, 5.41) is 8.96. The Morgan fingerprint density at radius 3 is 2.52 bits per heavy atom. The van der Waals surface area contributed by atoms with E-state index in [1.807, 2.05) is 0 Å². The van der Waals surface area contributed by atoms with Gasteiger partial charge in [-0.05, 0) is 58.7 Å². The fourth-order valence-corrected chi connectivity index (χ4v) is 3.79. The molecule has 1 aromatic heterocycles. The average Bonchev–Trinajstić information content (AvgIpc) is 2.69. The number of aromatic nitrogens is 2. The van der Waals surface area contributed by atoms with Crippen molar-refractivity contribution in [2.45, 2.75) is 18.0 Å². The minimum absolute atomic E-state index is 0.0852. The largest absolute Gasteiger partial charge is 0.436 e. The Kier molecular flexibility index (Phi) is 6.75. The predicted molar refractivity (Wildman–Crippen MR) is 115 cm³/mol. The van der Waals surface area contributed by atoms with Crippen molar-refractivity contribution in [3.05, 3.63) is 69.6 Å². The molecule has 0 spiro atoms. The van der Waals surface area contributed by atoms with E-state index in [4.69, 9.17) is 9.52 Å². The van der Waals surface area contributed by atoms with Gasteiger partial charge in [0.1, 0.15) is 17.1 Å². The van der Waals surface area contributed by atoms with Gasteiger partial charge in [-0.25, -0.2) is 13.4 Å². The number of nitrogens with zero attached hydrogens (tertiary/aromatic N) is 2. The molecule has 2 aromatic carbocycles. The van der Waals surface area contributed by atoms with Crippen LogP contribution in [0.4, 0.5) is 23.2 Å². The first-order chi connectivity index (χ1) is 15.3. The molecule has 2 N–H and O–H groups in total. The maximum Gasteiger partial charge on any atom is 0.435 e. The number of rotatable bonds is 5. The smallest absolute Gasteiger partial charge is 0.435 e. The summed E-state index contributed by atoms with van der Waals surface area (Å²) >= 11 is 3.13. The van der Waals surface area contributed by atoms with E-state index in [-0.39, 0.29) is 20.8 Å². The second-order valence-corrected chi connectivity index (χ2v) is 9.87. The topological polar surface area (TPSA) is 105 Å². The summed E-state index contributed by atoms with van der Waals surface area (Å²) in [7, 11) is -3.11. The van der Waals surface area contributed by atoms with Crippen LogP contribution in [0, 0.1) is 17.5 Å². The first-order valence-corrected chi connectivity index (χ1v) is 11.8. The molecular formula is C20H15BrF4N4O3S. The van der Waals surface area contributed by atoms with E-state index in [9.17, 15) is 26.6 Å². The molecule has 7 nitrogen and oxygen atoms in total. The fourth-order valence-electron chi connectivity index (χ4n) is 2.78. The quantitative estimate of drug-likeness (QED) is 0.394. The maximum atomic E-state index is 13.6. The minimum Gasteiger partial charge on any atom is -0.436 e. The van der Waals surface area contributed by atoms with E-state index in [0.29, 0.717) is 0 Å². The number of benzene rings is 2. The van der Waals surface area contributed by atoms with Gasteiger partial charge in [-0.2, -0.15) is 13.2 Å². The maximum absolute atomic E-state index is 13.6. The summed E-state index contributed by atoms with van der Waals surface area (Å²) in [4.78, 5) is 13.1. The molecule has 3 aromatic rings. The number of hydrogen-bond donors (Lipinski definition) is 2. The molecule has 0 bridgehead atoms. The van der Waals surface area contributed by atoms with Crippen molar-refractivity contribution in [3.63, 3.8) is 0 Å². The van der Waals surface area contributed by atoms with E-state index in [2.05, 4.69) is 31.4 Å². The summed E-state index contributed by atoms with van der Waals surface area (Å²) in [6.45, 7) is 1.03. The molecule has 1 unspecified atom stereocenters. The summed E-state index contributed by atoms with van der Waals surface area (Å²) in [6.07, 6.45) is -3.72. The zero-order chi connectivity index (χ0) is 24.6. The molecule has 1 amide bonds. The highest BCUT2D eigenvalue weighted by Gasteiger charge is 2.38.